The second kappa shape index (κ2) is 7.01. The van der Waals surface area contributed by atoms with Gasteiger partial charge in [-0.25, -0.2) is 0 Å². The van der Waals surface area contributed by atoms with Crippen molar-refractivity contribution in [1.82, 2.24) is 10.6 Å². The average molecular weight is 250 g/mol. The van der Waals surface area contributed by atoms with Crippen LogP contribution in [0.25, 0.3) is 0 Å². The maximum Gasteiger partial charge on any atom is 0.257 e. The number of aryl methyl sites for hydroxylation is 1. The Morgan fingerprint density at radius 1 is 1.44 bits per heavy atom. The number of hydrogen-bond acceptors (Lipinski definition) is 3. The van der Waals surface area contributed by atoms with Gasteiger partial charge in [0.15, 0.2) is 6.61 Å². The summed E-state index contributed by atoms with van der Waals surface area (Å²) >= 11 is 0. The number of hydrogen-bond donors (Lipinski definition) is 2. The van der Waals surface area contributed by atoms with Crippen LogP contribution in [0.2, 0.25) is 0 Å². The van der Waals surface area contributed by atoms with Gasteiger partial charge < -0.3 is 15.4 Å². The third-order valence-electron chi connectivity index (χ3n) is 2.85. The van der Waals surface area contributed by atoms with Gasteiger partial charge in [-0.3, -0.25) is 4.79 Å². The fourth-order valence-corrected chi connectivity index (χ4v) is 1.74. The topological polar surface area (TPSA) is 50.4 Å². The van der Waals surface area contributed by atoms with Gasteiger partial charge in [0.25, 0.3) is 5.91 Å². The van der Waals surface area contributed by atoms with Crippen LogP contribution in [-0.2, 0) is 4.79 Å². The molecular formula is C14H22N2O2. The molecule has 1 atom stereocenters. The highest BCUT2D eigenvalue weighted by molar-refractivity contribution is 5.77. The molecule has 1 rings (SSSR count). The lowest BCUT2D eigenvalue weighted by molar-refractivity contribution is -0.122. The number of rotatable bonds is 6. The van der Waals surface area contributed by atoms with Crippen LogP contribution in [0.1, 0.15) is 31.0 Å². The molecule has 0 fully saturated rings. The van der Waals surface area contributed by atoms with Crippen molar-refractivity contribution >= 4 is 5.91 Å². The summed E-state index contributed by atoms with van der Waals surface area (Å²) in [4.78, 5) is 11.1. The molecule has 0 saturated carbocycles. The van der Waals surface area contributed by atoms with Crippen LogP contribution in [0.3, 0.4) is 0 Å². The second-order valence-electron chi connectivity index (χ2n) is 4.27. The molecule has 0 aliphatic heterocycles. The molecule has 0 aromatic heterocycles. The Morgan fingerprint density at radius 2 is 2.17 bits per heavy atom. The maximum atomic E-state index is 11.1. The van der Waals surface area contributed by atoms with E-state index in [0.29, 0.717) is 6.04 Å². The largest absolute Gasteiger partial charge is 0.484 e. The molecule has 0 saturated heterocycles. The fourth-order valence-electron chi connectivity index (χ4n) is 1.74. The molecular weight excluding hydrogens is 228 g/mol. The van der Waals surface area contributed by atoms with Crippen LogP contribution in [0, 0.1) is 6.92 Å². The fraction of sp³-hybridized carbons (Fsp3) is 0.500. The van der Waals surface area contributed by atoms with E-state index in [1.54, 1.807) is 7.05 Å². The maximum absolute atomic E-state index is 11.1. The Kier molecular flexibility index (Phi) is 5.65. The molecule has 4 nitrogen and oxygen atoms in total. The summed E-state index contributed by atoms with van der Waals surface area (Å²) in [5, 5.41) is 5.89. The minimum absolute atomic E-state index is 0.0550. The Hall–Kier alpha value is -1.55. The summed E-state index contributed by atoms with van der Waals surface area (Å²) in [6.07, 6.45) is 0. The summed E-state index contributed by atoms with van der Waals surface area (Å²) in [6.45, 7) is 7.20. The molecule has 0 aliphatic rings. The highest BCUT2D eigenvalue weighted by Crippen LogP contribution is 2.22. The highest BCUT2D eigenvalue weighted by Gasteiger charge is 2.07. The van der Waals surface area contributed by atoms with E-state index >= 15 is 0 Å². The Labute approximate surface area is 109 Å². The van der Waals surface area contributed by atoms with Crippen molar-refractivity contribution in [2.75, 3.05) is 20.2 Å². The van der Waals surface area contributed by atoms with Gasteiger partial charge in [0.05, 0.1) is 0 Å². The molecule has 0 bridgehead atoms. The Balaban J connectivity index is 2.70. The van der Waals surface area contributed by atoms with E-state index in [0.717, 1.165) is 17.9 Å². The van der Waals surface area contributed by atoms with Gasteiger partial charge in [-0.1, -0.05) is 19.1 Å². The van der Waals surface area contributed by atoms with Gasteiger partial charge in [-0.2, -0.15) is 0 Å². The third-order valence-corrected chi connectivity index (χ3v) is 2.85. The lowest BCUT2D eigenvalue weighted by Gasteiger charge is -2.15. The normalized spacial score (nSPS) is 12.0. The molecule has 0 aliphatic carbocycles. The minimum Gasteiger partial charge on any atom is -0.484 e. The monoisotopic (exact) mass is 250 g/mol. The number of amides is 1. The summed E-state index contributed by atoms with van der Waals surface area (Å²) in [7, 11) is 1.60. The standard InChI is InChI=1S/C14H22N2O2/c1-5-16-11(3)12-6-7-13(10(2)8-12)18-9-14(17)15-4/h6-8,11,16H,5,9H2,1-4H3,(H,15,17). The first-order valence-corrected chi connectivity index (χ1v) is 6.25. The van der Waals surface area contributed by atoms with Crippen LogP contribution >= 0.6 is 0 Å². The van der Waals surface area contributed by atoms with Gasteiger partial charge >= 0.3 is 0 Å². The second-order valence-corrected chi connectivity index (χ2v) is 4.27. The van der Waals surface area contributed by atoms with Gasteiger partial charge in [-0.05, 0) is 37.6 Å². The lowest BCUT2D eigenvalue weighted by Crippen LogP contribution is -2.25. The van der Waals surface area contributed by atoms with E-state index in [9.17, 15) is 4.79 Å². The molecule has 1 amide bonds. The SMILES string of the molecule is CCNC(C)c1ccc(OCC(=O)NC)c(C)c1. The Bertz CT molecular complexity index is 405. The summed E-state index contributed by atoms with van der Waals surface area (Å²) in [5.41, 5.74) is 2.27. The summed E-state index contributed by atoms with van der Waals surface area (Å²) < 4.78 is 5.45. The Morgan fingerprint density at radius 3 is 2.72 bits per heavy atom. The quantitative estimate of drug-likeness (QED) is 0.809. The zero-order valence-corrected chi connectivity index (χ0v) is 11.5. The number of carbonyl (C=O) groups excluding carboxylic acids is 1. The van der Waals surface area contributed by atoms with Crippen molar-refractivity contribution in [3.63, 3.8) is 0 Å². The van der Waals surface area contributed by atoms with Crippen LogP contribution in [0.4, 0.5) is 0 Å². The minimum atomic E-state index is -0.125. The first-order valence-electron chi connectivity index (χ1n) is 6.25. The predicted molar refractivity (Wildman–Crippen MR) is 72.8 cm³/mol. The molecule has 2 N–H and O–H groups in total. The average Bonchev–Trinajstić information content (AvgIpc) is 2.37. The van der Waals surface area contributed by atoms with Crippen molar-refractivity contribution in [1.29, 1.82) is 0 Å². The lowest BCUT2D eigenvalue weighted by atomic mass is 10.1. The number of ether oxygens (including phenoxy) is 1. The van der Waals surface area contributed by atoms with Crippen molar-refractivity contribution in [2.24, 2.45) is 0 Å². The van der Waals surface area contributed by atoms with E-state index in [2.05, 4.69) is 30.5 Å². The van der Waals surface area contributed by atoms with Gasteiger partial charge in [-0.15, -0.1) is 0 Å². The molecule has 1 unspecified atom stereocenters. The molecule has 1 aromatic rings. The zero-order chi connectivity index (χ0) is 13.5. The van der Waals surface area contributed by atoms with E-state index in [1.165, 1.54) is 5.56 Å². The number of nitrogens with one attached hydrogen (secondary N) is 2. The number of benzene rings is 1. The van der Waals surface area contributed by atoms with Gasteiger partial charge in [0.1, 0.15) is 5.75 Å². The predicted octanol–water partition coefficient (Wildman–Crippen LogP) is 1.79. The van der Waals surface area contributed by atoms with Crippen LogP contribution < -0.4 is 15.4 Å². The van der Waals surface area contributed by atoms with Crippen molar-refractivity contribution < 1.29 is 9.53 Å². The highest BCUT2D eigenvalue weighted by atomic mass is 16.5. The third kappa shape index (κ3) is 4.04. The number of likely N-dealkylation sites (N-methyl/N-ethyl adjacent to an activating group) is 1. The molecule has 100 valence electrons. The molecule has 0 radical (unpaired) electrons. The molecule has 4 heteroatoms. The summed E-state index contributed by atoms with van der Waals surface area (Å²) in [5.74, 6) is 0.630. The van der Waals surface area contributed by atoms with Crippen LogP contribution in [0.15, 0.2) is 18.2 Å². The van der Waals surface area contributed by atoms with Crippen LogP contribution in [0.5, 0.6) is 5.75 Å². The van der Waals surface area contributed by atoms with Crippen molar-refractivity contribution in [2.45, 2.75) is 26.8 Å². The van der Waals surface area contributed by atoms with Gasteiger partial charge in [0, 0.05) is 13.1 Å². The van der Waals surface area contributed by atoms with E-state index in [-0.39, 0.29) is 12.5 Å². The van der Waals surface area contributed by atoms with Crippen molar-refractivity contribution in [3.05, 3.63) is 29.3 Å². The van der Waals surface area contributed by atoms with Crippen molar-refractivity contribution in [3.8, 4) is 5.75 Å². The summed E-state index contributed by atoms with van der Waals surface area (Å²) in [6, 6.07) is 6.36. The van der Waals surface area contributed by atoms with E-state index < -0.39 is 0 Å². The molecule has 1 aromatic carbocycles. The van der Waals surface area contributed by atoms with E-state index in [1.807, 2.05) is 19.1 Å². The first-order chi connectivity index (χ1) is 8.58. The van der Waals surface area contributed by atoms with Crippen LogP contribution in [-0.4, -0.2) is 26.1 Å². The van der Waals surface area contributed by atoms with Gasteiger partial charge in [0.2, 0.25) is 0 Å². The molecule has 0 heterocycles. The molecule has 18 heavy (non-hydrogen) atoms. The molecule has 0 spiro atoms. The number of carbonyl (C=O) groups is 1. The first kappa shape index (κ1) is 14.5. The van der Waals surface area contributed by atoms with E-state index in [4.69, 9.17) is 4.74 Å². The smallest absolute Gasteiger partial charge is 0.257 e. The zero-order valence-electron chi connectivity index (χ0n) is 11.5.